The number of nitrogens with zero attached hydrogens (tertiary/aromatic N) is 1. The van der Waals surface area contributed by atoms with Crippen LogP contribution in [0.3, 0.4) is 0 Å². The number of thiazole rings is 1. The minimum absolute atomic E-state index is 0.0541. The number of carbonyl (C=O) groups excluding carboxylic acids is 2. The quantitative estimate of drug-likeness (QED) is 0.616. The summed E-state index contributed by atoms with van der Waals surface area (Å²) < 4.78 is 0. The SMILES string of the molecule is CC(=O)c1ccc(-c2ccc(-c3nc(C)c(C(C)=O)s3)cc2)cc1. The van der Waals surface area contributed by atoms with Crippen molar-refractivity contribution >= 4 is 22.9 Å². The van der Waals surface area contributed by atoms with E-state index in [-0.39, 0.29) is 11.6 Å². The molecule has 0 radical (unpaired) electrons. The second-order valence-corrected chi connectivity index (χ2v) is 6.70. The summed E-state index contributed by atoms with van der Waals surface area (Å²) in [5.41, 5.74) is 4.64. The van der Waals surface area contributed by atoms with Gasteiger partial charge >= 0.3 is 0 Å². The molecule has 0 saturated carbocycles. The number of benzene rings is 2. The Bertz CT molecular complexity index is 906. The first kappa shape index (κ1) is 16.3. The molecule has 3 nitrogen and oxygen atoms in total. The molecule has 2 aromatic carbocycles. The summed E-state index contributed by atoms with van der Waals surface area (Å²) in [5, 5.41) is 0.858. The molecule has 0 atom stereocenters. The molecule has 0 aliphatic carbocycles. The Kier molecular flexibility index (Phi) is 4.40. The largest absolute Gasteiger partial charge is 0.295 e. The van der Waals surface area contributed by atoms with Crippen molar-refractivity contribution in [2.75, 3.05) is 0 Å². The van der Waals surface area contributed by atoms with Crippen molar-refractivity contribution in [3.63, 3.8) is 0 Å². The molecule has 120 valence electrons. The van der Waals surface area contributed by atoms with Gasteiger partial charge in [0, 0.05) is 18.1 Å². The maximum absolute atomic E-state index is 11.6. The van der Waals surface area contributed by atoms with Gasteiger partial charge in [-0.2, -0.15) is 0 Å². The Morgan fingerprint density at radius 1 is 0.792 bits per heavy atom. The van der Waals surface area contributed by atoms with Gasteiger partial charge in [0.2, 0.25) is 0 Å². The van der Waals surface area contributed by atoms with Gasteiger partial charge in [0.15, 0.2) is 11.6 Å². The maximum Gasteiger partial charge on any atom is 0.171 e. The molecule has 4 heteroatoms. The van der Waals surface area contributed by atoms with E-state index in [4.69, 9.17) is 0 Å². The first-order valence-electron chi connectivity index (χ1n) is 7.66. The van der Waals surface area contributed by atoms with Crippen molar-refractivity contribution in [1.82, 2.24) is 4.98 Å². The topological polar surface area (TPSA) is 47.0 Å². The first-order chi connectivity index (χ1) is 11.5. The number of hydrogen-bond acceptors (Lipinski definition) is 4. The standard InChI is InChI=1S/C20H17NO2S/c1-12-19(14(3)23)24-20(21-12)18-10-8-17(9-11-18)16-6-4-15(5-7-16)13(2)22/h4-11H,1-3H3. The third kappa shape index (κ3) is 3.19. The van der Waals surface area contributed by atoms with Crippen molar-refractivity contribution in [3.8, 4) is 21.7 Å². The molecule has 0 spiro atoms. The monoisotopic (exact) mass is 335 g/mol. The summed E-state index contributed by atoms with van der Waals surface area (Å²) in [4.78, 5) is 28.1. The van der Waals surface area contributed by atoms with E-state index >= 15 is 0 Å². The summed E-state index contributed by atoms with van der Waals surface area (Å²) in [7, 11) is 0. The summed E-state index contributed by atoms with van der Waals surface area (Å²) >= 11 is 1.43. The lowest BCUT2D eigenvalue weighted by Crippen LogP contribution is -1.90. The molecule has 0 N–H and O–H groups in total. The van der Waals surface area contributed by atoms with E-state index in [1.807, 2.05) is 55.5 Å². The Morgan fingerprint density at radius 2 is 1.29 bits per heavy atom. The molecular weight excluding hydrogens is 318 g/mol. The van der Waals surface area contributed by atoms with Crippen LogP contribution in [0.4, 0.5) is 0 Å². The molecular formula is C20H17NO2S. The zero-order chi connectivity index (χ0) is 17.3. The van der Waals surface area contributed by atoms with Gasteiger partial charge in [0.25, 0.3) is 0 Å². The molecule has 0 unspecified atom stereocenters. The van der Waals surface area contributed by atoms with Gasteiger partial charge in [-0.1, -0.05) is 48.5 Å². The molecule has 1 aromatic heterocycles. The summed E-state index contributed by atoms with van der Waals surface area (Å²) in [6.45, 7) is 4.99. The van der Waals surface area contributed by atoms with Gasteiger partial charge in [-0.05, 0) is 25.0 Å². The molecule has 0 fully saturated rings. The van der Waals surface area contributed by atoms with Crippen molar-refractivity contribution in [2.24, 2.45) is 0 Å². The van der Waals surface area contributed by atoms with Crippen LogP contribution in [0.2, 0.25) is 0 Å². The summed E-state index contributed by atoms with van der Waals surface area (Å²) in [6, 6.07) is 15.7. The van der Waals surface area contributed by atoms with E-state index in [0.29, 0.717) is 10.4 Å². The molecule has 0 aliphatic heterocycles. The van der Waals surface area contributed by atoms with Crippen LogP contribution in [0.15, 0.2) is 48.5 Å². The van der Waals surface area contributed by atoms with Crippen LogP contribution in [0.25, 0.3) is 21.7 Å². The second-order valence-electron chi connectivity index (χ2n) is 5.70. The van der Waals surface area contributed by atoms with Gasteiger partial charge in [-0.25, -0.2) is 4.98 Å². The second kappa shape index (κ2) is 6.49. The average molecular weight is 335 g/mol. The van der Waals surface area contributed by atoms with Gasteiger partial charge in [0.05, 0.1) is 10.6 Å². The molecule has 0 saturated heterocycles. The Morgan fingerprint density at radius 3 is 1.75 bits per heavy atom. The fourth-order valence-electron chi connectivity index (χ4n) is 2.55. The highest BCUT2D eigenvalue weighted by atomic mass is 32.1. The van der Waals surface area contributed by atoms with Gasteiger partial charge in [0.1, 0.15) is 5.01 Å². The highest BCUT2D eigenvalue weighted by Crippen LogP contribution is 2.30. The average Bonchev–Trinajstić information content (AvgIpc) is 2.97. The smallest absolute Gasteiger partial charge is 0.171 e. The van der Waals surface area contributed by atoms with Crippen LogP contribution in [0, 0.1) is 6.92 Å². The zero-order valence-electron chi connectivity index (χ0n) is 13.8. The normalized spacial score (nSPS) is 10.6. The maximum atomic E-state index is 11.6. The number of Topliss-reactive ketones (excluding diaryl/α,β-unsaturated/α-hetero) is 2. The molecule has 0 aliphatic rings. The molecule has 24 heavy (non-hydrogen) atoms. The van der Waals surface area contributed by atoms with Crippen molar-refractivity contribution < 1.29 is 9.59 Å². The lowest BCUT2D eigenvalue weighted by Gasteiger charge is -2.04. The third-order valence-corrected chi connectivity index (χ3v) is 5.18. The number of rotatable bonds is 4. The highest BCUT2D eigenvalue weighted by molar-refractivity contribution is 7.17. The summed E-state index contributed by atoms with van der Waals surface area (Å²) in [5.74, 6) is 0.121. The minimum atomic E-state index is 0.0541. The molecule has 3 aromatic rings. The number of aromatic nitrogens is 1. The van der Waals surface area contributed by atoms with Crippen LogP contribution in [-0.2, 0) is 0 Å². The van der Waals surface area contributed by atoms with E-state index in [1.165, 1.54) is 11.3 Å². The Balaban J connectivity index is 1.89. The molecule has 0 amide bonds. The lowest BCUT2D eigenvalue weighted by molar-refractivity contribution is 0.101. The van der Waals surface area contributed by atoms with Crippen LogP contribution in [0.5, 0.6) is 0 Å². The van der Waals surface area contributed by atoms with Gasteiger partial charge in [-0.15, -0.1) is 11.3 Å². The van der Waals surface area contributed by atoms with E-state index in [1.54, 1.807) is 13.8 Å². The zero-order valence-corrected chi connectivity index (χ0v) is 14.6. The molecule has 3 rings (SSSR count). The van der Waals surface area contributed by atoms with Crippen LogP contribution >= 0.6 is 11.3 Å². The van der Waals surface area contributed by atoms with E-state index in [0.717, 1.165) is 27.4 Å². The Hall–Kier alpha value is -2.59. The van der Waals surface area contributed by atoms with Gasteiger partial charge in [-0.3, -0.25) is 9.59 Å². The van der Waals surface area contributed by atoms with E-state index < -0.39 is 0 Å². The number of aryl methyl sites for hydroxylation is 1. The number of hydrogen-bond donors (Lipinski definition) is 0. The van der Waals surface area contributed by atoms with Crippen LogP contribution in [0.1, 0.15) is 39.6 Å². The third-order valence-electron chi connectivity index (χ3n) is 3.87. The van der Waals surface area contributed by atoms with Crippen LogP contribution in [-0.4, -0.2) is 16.6 Å². The lowest BCUT2D eigenvalue weighted by atomic mass is 10.0. The predicted octanol–water partition coefficient (Wildman–Crippen LogP) is 5.19. The number of carbonyl (C=O) groups is 2. The summed E-state index contributed by atoms with van der Waals surface area (Å²) in [6.07, 6.45) is 0. The van der Waals surface area contributed by atoms with Crippen molar-refractivity contribution in [2.45, 2.75) is 20.8 Å². The van der Waals surface area contributed by atoms with Crippen molar-refractivity contribution in [1.29, 1.82) is 0 Å². The Labute approximate surface area is 145 Å². The van der Waals surface area contributed by atoms with Gasteiger partial charge < -0.3 is 0 Å². The first-order valence-corrected chi connectivity index (χ1v) is 8.47. The molecule has 1 heterocycles. The predicted molar refractivity (Wildman–Crippen MR) is 97.7 cm³/mol. The molecule has 0 bridgehead atoms. The number of ketones is 2. The fourth-order valence-corrected chi connectivity index (χ4v) is 3.52. The minimum Gasteiger partial charge on any atom is -0.295 e. The fraction of sp³-hybridized carbons (Fsp3) is 0.150. The van der Waals surface area contributed by atoms with Crippen molar-refractivity contribution in [3.05, 3.63) is 64.7 Å². The van der Waals surface area contributed by atoms with Crippen LogP contribution < -0.4 is 0 Å². The highest BCUT2D eigenvalue weighted by Gasteiger charge is 2.12. The van der Waals surface area contributed by atoms with E-state index in [2.05, 4.69) is 4.98 Å². The van der Waals surface area contributed by atoms with E-state index in [9.17, 15) is 9.59 Å².